The van der Waals surface area contributed by atoms with Gasteiger partial charge in [-0.3, -0.25) is 4.79 Å². The fourth-order valence-electron chi connectivity index (χ4n) is 1.89. The third-order valence-electron chi connectivity index (χ3n) is 3.16. The molecular weight excluding hydrogens is 267 g/mol. The Hall–Kier alpha value is -2.20. The predicted octanol–water partition coefficient (Wildman–Crippen LogP) is 3.29. The van der Waals surface area contributed by atoms with Crippen LogP contribution < -0.4 is 11.1 Å². The maximum atomic E-state index is 12.4. The summed E-state index contributed by atoms with van der Waals surface area (Å²) in [5.74, 6) is 0.286. The van der Waals surface area contributed by atoms with E-state index in [1.165, 1.54) is 42.7 Å². The number of benzene rings is 2. The van der Waals surface area contributed by atoms with E-state index in [0.29, 0.717) is 5.69 Å². The Labute approximate surface area is 124 Å². The molecule has 1 saturated carbocycles. The van der Waals surface area contributed by atoms with Crippen LogP contribution in [0.15, 0.2) is 54.6 Å². The molecule has 1 fully saturated rings. The molecule has 3 rings (SSSR count). The van der Waals surface area contributed by atoms with Crippen LogP contribution in [0.3, 0.4) is 0 Å². The quantitative estimate of drug-likeness (QED) is 0.909. The Morgan fingerprint density at radius 2 is 1.71 bits per heavy atom. The summed E-state index contributed by atoms with van der Waals surface area (Å²) >= 11 is 0. The van der Waals surface area contributed by atoms with E-state index in [1.54, 1.807) is 0 Å². The van der Waals surface area contributed by atoms with E-state index in [1.807, 2.05) is 0 Å². The van der Waals surface area contributed by atoms with Crippen LogP contribution >= 0.6 is 0 Å². The zero-order valence-electron chi connectivity index (χ0n) is 11.8. The van der Waals surface area contributed by atoms with E-state index < -0.39 is 0 Å². The maximum Gasteiger partial charge on any atom is 0.238 e. The number of carbonyl (C=O) groups excluding carboxylic acids is 1. The van der Waals surface area contributed by atoms with E-state index in [4.69, 9.17) is 5.73 Å². The number of hydrogen-bond acceptors (Lipinski definition) is 2. The monoisotopic (exact) mass is 286 g/mol. The summed E-state index contributed by atoms with van der Waals surface area (Å²) in [4.78, 5) is 10.7. The lowest BCUT2D eigenvalue weighted by molar-refractivity contribution is -0.114. The summed E-state index contributed by atoms with van der Waals surface area (Å²) in [6.45, 7) is -0.0720. The molecule has 1 aliphatic rings. The van der Waals surface area contributed by atoms with Crippen LogP contribution in [0.25, 0.3) is 0 Å². The molecule has 0 atom stereocenters. The second kappa shape index (κ2) is 7.55. The number of nitrogens with one attached hydrogen (secondary N) is 1. The van der Waals surface area contributed by atoms with Gasteiger partial charge in [0.2, 0.25) is 5.91 Å². The van der Waals surface area contributed by atoms with E-state index in [-0.39, 0.29) is 18.3 Å². The van der Waals surface area contributed by atoms with E-state index in [0.717, 1.165) is 5.92 Å². The fraction of sp³-hybridized carbons (Fsp3) is 0.235. The van der Waals surface area contributed by atoms with Crippen LogP contribution in [0, 0.1) is 5.82 Å². The molecule has 0 bridgehead atoms. The van der Waals surface area contributed by atoms with E-state index >= 15 is 0 Å². The van der Waals surface area contributed by atoms with Gasteiger partial charge in [0.05, 0.1) is 6.54 Å². The summed E-state index contributed by atoms with van der Waals surface area (Å²) in [6.07, 6.45) is 2.81. The minimum absolute atomic E-state index is 0.0720. The molecular formula is C17H19FN2O. The lowest BCUT2D eigenvalue weighted by Crippen LogP contribution is -2.21. The highest BCUT2D eigenvalue weighted by Gasteiger charge is 2.22. The first-order valence-corrected chi connectivity index (χ1v) is 6.99. The average Bonchev–Trinajstić information content (AvgIpc) is 3.36. The molecule has 3 N–H and O–H groups in total. The Morgan fingerprint density at radius 1 is 1.10 bits per heavy atom. The largest absolute Gasteiger partial charge is 0.325 e. The third kappa shape index (κ3) is 5.36. The number of amides is 1. The van der Waals surface area contributed by atoms with Crippen LogP contribution in [-0.4, -0.2) is 12.5 Å². The lowest BCUT2D eigenvalue weighted by Gasteiger charge is -2.01. The van der Waals surface area contributed by atoms with Crippen molar-refractivity contribution >= 4 is 11.6 Å². The van der Waals surface area contributed by atoms with Crippen molar-refractivity contribution in [3.8, 4) is 0 Å². The van der Waals surface area contributed by atoms with Crippen LogP contribution in [0.5, 0.6) is 0 Å². The summed E-state index contributed by atoms with van der Waals surface area (Å²) < 4.78 is 12.4. The summed E-state index contributed by atoms with van der Waals surface area (Å²) in [6, 6.07) is 16.2. The van der Waals surface area contributed by atoms with Crippen molar-refractivity contribution in [3.05, 3.63) is 66.0 Å². The van der Waals surface area contributed by atoms with Gasteiger partial charge in [0, 0.05) is 5.69 Å². The van der Waals surface area contributed by atoms with Gasteiger partial charge in [0.15, 0.2) is 0 Å². The standard InChI is InChI=1S/C9H10.C8H9FN2O/c1-2-4-8(5-3-1)9-6-7-9;9-6-1-3-7(4-2-6)11-8(12)5-10/h1-5,9H,6-7H2;1-4H,5,10H2,(H,11,12). The van der Waals surface area contributed by atoms with Gasteiger partial charge in [-0.25, -0.2) is 4.39 Å². The Morgan fingerprint density at radius 3 is 2.24 bits per heavy atom. The van der Waals surface area contributed by atoms with Crippen LogP contribution in [-0.2, 0) is 4.79 Å². The molecule has 2 aromatic rings. The van der Waals surface area contributed by atoms with Crippen LogP contribution in [0.1, 0.15) is 24.3 Å². The molecule has 21 heavy (non-hydrogen) atoms. The van der Waals surface area contributed by atoms with Gasteiger partial charge in [-0.1, -0.05) is 30.3 Å². The smallest absolute Gasteiger partial charge is 0.238 e. The minimum atomic E-state index is -0.333. The van der Waals surface area contributed by atoms with Gasteiger partial charge in [-0.15, -0.1) is 0 Å². The van der Waals surface area contributed by atoms with Gasteiger partial charge in [-0.2, -0.15) is 0 Å². The summed E-state index contributed by atoms with van der Waals surface area (Å²) in [5, 5.41) is 2.49. The number of carbonyl (C=O) groups is 1. The van der Waals surface area contributed by atoms with Crippen molar-refractivity contribution in [1.82, 2.24) is 0 Å². The van der Waals surface area contributed by atoms with Crippen LogP contribution in [0.2, 0.25) is 0 Å². The lowest BCUT2D eigenvalue weighted by atomic mass is 10.1. The van der Waals surface area contributed by atoms with Crippen molar-refractivity contribution < 1.29 is 9.18 Å². The minimum Gasteiger partial charge on any atom is -0.325 e. The average molecular weight is 286 g/mol. The fourth-order valence-corrected chi connectivity index (χ4v) is 1.89. The van der Waals surface area contributed by atoms with Gasteiger partial charge >= 0.3 is 0 Å². The Balaban J connectivity index is 0.000000159. The van der Waals surface area contributed by atoms with Crippen molar-refractivity contribution in [2.75, 3.05) is 11.9 Å². The molecule has 3 nitrogen and oxygen atoms in total. The molecule has 0 unspecified atom stereocenters. The molecule has 0 radical (unpaired) electrons. The molecule has 0 spiro atoms. The highest BCUT2D eigenvalue weighted by Crippen LogP contribution is 2.39. The first-order valence-electron chi connectivity index (χ1n) is 6.99. The molecule has 4 heteroatoms. The normalized spacial score (nSPS) is 13.0. The van der Waals surface area contributed by atoms with Gasteiger partial charge < -0.3 is 11.1 Å². The van der Waals surface area contributed by atoms with Gasteiger partial charge in [-0.05, 0) is 48.6 Å². The molecule has 1 aliphatic carbocycles. The molecule has 110 valence electrons. The van der Waals surface area contributed by atoms with Crippen molar-refractivity contribution in [2.45, 2.75) is 18.8 Å². The second-order valence-electron chi connectivity index (χ2n) is 4.94. The summed E-state index contributed by atoms with van der Waals surface area (Å²) in [5.41, 5.74) is 7.14. The molecule has 0 heterocycles. The topological polar surface area (TPSA) is 55.1 Å². The number of halogens is 1. The number of rotatable bonds is 3. The molecule has 0 aliphatic heterocycles. The first-order chi connectivity index (χ1) is 10.2. The molecule has 2 aromatic carbocycles. The van der Waals surface area contributed by atoms with Gasteiger partial charge in [0.25, 0.3) is 0 Å². The first kappa shape index (κ1) is 15.2. The number of hydrogen-bond donors (Lipinski definition) is 2. The molecule has 0 aromatic heterocycles. The highest BCUT2D eigenvalue weighted by molar-refractivity contribution is 5.91. The van der Waals surface area contributed by atoms with Crippen molar-refractivity contribution in [2.24, 2.45) is 5.73 Å². The number of anilines is 1. The second-order valence-corrected chi connectivity index (χ2v) is 4.94. The Bertz CT molecular complexity index is 565. The van der Waals surface area contributed by atoms with Crippen molar-refractivity contribution in [3.63, 3.8) is 0 Å². The van der Waals surface area contributed by atoms with E-state index in [2.05, 4.69) is 35.6 Å². The van der Waals surface area contributed by atoms with E-state index in [9.17, 15) is 9.18 Å². The summed E-state index contributed by atoms with van der Waals surface area (Å²) in [7, 11) is 0. The van der Waals surface area contributed by atoms with Crippen molar-refractivity contribution in [1.29, 1.82) is 0 Å². The highest BCUT2D eigenvalue weighted by atomic mass is 19.1. The zero-order valence-corrected chi connectivity index (χ0v) is 11.8. The SMILES string of the molecule is NCC(=O)Nc1ccc(F)cc1.c1ccc(C2CC2)cc1. The third-order valence-corrected chi connectivity index (χ3v) is 3.16. The molecule has 0 saturated heterocycles. The molecule has 1 amide bonds. The predicted molar refractivity (Wildman–Crippen MR) is 82.5 cm³/mol. The van der Waals surface area contributed by atoms with Gasteiger partial charge in [0.1, 0.15) is 5.82 Å². The maximum absolute atomic E-state index is 12.4. The zero-order chi connectivity index (χ0) is 15.1. The Kier molecular flexibility index (Phi) is 5.46. The van der Waals surface area contributed by atoms with Crippen LogP contribution in [0.4, 0.5) is 10.1 Å². The number of nitrogens with two attached hydrogens (primary N) is 1.